The minimum absolute atomic E-state index is 0.0179. The number of benzene rings is 1. The Morgan fingerprint density at radius 1 is 1.12 bits per heavy atom. The fourth-order valence-electron chi connectivity index (χ4n) is 1.71. The number of unbranched alkanes of at least 4 members (excludes halogenated alkanes) is 3. The average molecular weight is 219 g/mol. The highest BCUT2D eigenvalue weighted by Gasteiger charge is 1.96. The van der Waals surface area contributed by atoms with Gasteiger partial charge in [-0.05, 0) is 30.5 Å². The summed E-state index contributed by atoms with van der Waals surface area (Å²) >= 11 is 0. The molecule has 88 valence electrons. The second-order valence-corrected chi connectivity index (χ2v) is 4.19. The molecule has 0 aliphatic heterocycles. The Balaban J connectivity index is 2.36. The normalized spacial score (nSPS) is 10.1. The number of amides is 1. The molecule has 0 bridgehead atoms. The molecule has 2 nitrogen and oxygen atoms in total. The highest BCUT2D eigenvalue weighted by atomic mass is 16.1. The van der Waals surface area contributed by atoms with E-state index < -0.39 is 0 Å². The Morgan fingerprint density at radius 2 is 1.81 bits per heavy atom. The zero-order valence-electron chi connectivity index (χ0n) is 10.3. The van der Waals surface area contributed by atoms with Gasteiger partial charge in [0.2, 0.25) is 5.91 Å². The molecule has 1 aromatic rings. The van der Waals surface area contributed by atoms with Crippen LogP contribution in [-0.2, 0) is 11.2 Å². The molecule has 16 heavy (non-hydrogen) atoms. The number of hydrogen-bond acceptors (Lipinski definition) is 1. The van der Waals surface area contributed by atoms with Crippen LogP contribution in [0.2, 0.25) is 0 Å². The van der Waals surface area contributed by atoms with Gasteiger partial charge < -0.3 is 5.32 Å². The van der Waals surface area contributed by atoms with Crippen LogP contribution in [0, 0.1) is 0 Å². The smallest absolute Gasteiger partial charge is 0.221 e. The molecule has 0 aromatic heterocycles. The predicted octanol–water partition coefficient (Wildman–Crippen LogP) is 3.77. The number of carbonyl (C=O) groups is 1. The van der Waals surface area contributed by atoms with E-state index in [4.69, 9.17) is 0 Å². The van der Waals surface area contributed by atoms with Crippen molar-refractivity contribution in [3.63, 3.8) is 0 Å². The molecule has 0 saturated carbocycles. The number of rotatable bonds is 6. The molecule has 1 aromatic carbocycles. The Morgan fingerprint density at radius 3 is 2.38 bits per heavy atom. The van der Waals surface area contributed by atoms with Crippen LogP contribution in [0.4, 0.5) is 5.69 Å². The van der Waals surface area contributed by atoms with Crippen molar-refractivity contribution in [2.45, 2.75) is 46.0 Å². The molecule has 1 amide bonds. The van der Waals surface area contributed by atoms with Gasteiger partial charge in [-0.1, -0.05) is 38.3 Å². The standard InChI is InChI=1S/C14H21NO/c1-3-4-5-6-7-13-8-10-14(11-9-13)15-12(2)16/h8-11H,3-7H2,1-2H3,(H,15,16). The predicted molar refractivity (Wildman–Crippen MR) is 68.6 cm³/mol. The number of anilines is 1. The molecule has 0 aliphatic carbocycles. The minimum atomic E-state index is -0.0179. The molecule has 0 spiro atoms. The zero-order chi connectivity index (χ0) is 11.8. The molecule has 2 heteroatoms. The van der Waals surface area contributed by atoms with Crippen molar-refractivity contribution in [2.24, 2.45) is 0 Å². The summed E-state index contributed by atoms with van der Waals surface area (Å²) in [6, 6.07) is 8.13. The van der Waals surface area contributed by atoms with E-state index in [1.165, 1.54) is 38.2 Å². The third-order valence-corrected chi connectivity index (χ3v) is 2.59. The second kappa shape index (κ2) is 7.04. The van der Waals surface area contributed by atoms with E-state index in [-0.39, 0.29) is 5.91 Å². The topological polar surface area (TPSA) is 29.1 Å². The van der Waals surface area contributed by atoms with Gasteiger partial charge in [-0.2, -0.15) is 0 Å². The first-order valence-electron chi connectivity index (χ1n) is 6.09. The third kappa shape index (κ3) is 4.96. The largest absolute Gasteiger partial charge is 0.326 e. The number of nitrogens with one attached hydrogen (secondary N) is 1. The molecule has 0 aliphatic rings. The van der Waals surface area contributed by atoms with Gasteiger partial charge in [-0.3, -0.25) is 4.79 Å². The van der Waals surface area contributed by atoms with Crippen molar-refractivity contribution >= 4 is 11.6 Å². The van der Waals surface area contributed by atoms with Crippen molar-refractivity contribution in [2.75, 3.05) is 5.32 Å². The maximum atomic E-state index is 10.8. The zero-order valence-corrected chi connectivity index (χ0v) is 10.3. The summed E-state index contributed by atoms with van der Waals surface area (Å²) in [7, 11) is 0. The molecule has 0 saturated heterocycles. The lowest BCUT2D eigenvalue weighted by atomic mass is 10.1. The highest BCUT2D eigenvalue weighted by Crippen LogP contribution is 2.12. The van der Waals surface area contributed by atoms with Crippen LogP contribution in [0.5, 0.6) is 0 Å². The van der Waals surface area contributed by atoms with E-state index in [1.54, 1.807) is 0 Å². The van der Waals surface area contributed by atoms with Crippen LogP contribution in [-0.4, -0.2) is 5.91 Å². The Bertz CT molecular complexity index is 316. The first-order valence-corrected chi connectivity index (χ1v) is 6.09. The van der Waals surface area contributed by atoms with Crippen molar-refractivity contribution in [3.05, 3.63) is 29.8 Å². The van der Waals surface area contributed by atoms with E-state index in [1.807, 2.05) is 12.1 Å². The molecule has 1 rings (SSSR count). The molecule has 0 radical (unpaired) electrons. The van der Waals surface area contributed by atoms with Gasteiger partial charge in [0, 0.05) is 12.6 Å². The van der Waals surface area contributed by atoms with Gasteiger partial charge in [-0.25, -0.2) is 0 Å². The van der Waals surface area contributed by atoms with Gasteiger partial charge in [0.15, 0.2) is 0 Å². The Labute approximate surface area is 98.1 Å². The van der Waals surface area contributed by atoms with E-state index in [0.717, 1.165) is 12.1 Å². The first-order chi connectivity index (χ1) is 7.72. The van der Waals surface area contributed by atoms with Gasteiger partial charge in [0.1, 0.15) is 0 Å². The summed E-state index contributed by atoms with van der Waals surface area (Å²) in [5, 5.41) is 2.77. The third-order valence-electron chi connectivity index (χ3n) is 2.59. The lowest BCUT2D eigenvalue weighted by Gasteiger charge is -2.04. The van der Waals surface area contributed by atoms with Crippen molar-refractivity contribution in [1.29, 1.82) is 0 Å². The monoisotopic (exact) mass is 219 g/mol. The Hall–Kier alpha value is -1.31. The van der Waals surface area contributed by atoms with E-state index in [2.05, 4.69) is 24.4 Å². The molecule has 0 heterocycles. The van der Waals surface area contributed by atoms with Crippen molar-refractivity contribution in [3.8, 4) is 0 Å². The lowest BCUT2D eigenvalue weighted by molar-refractivity contribution is -0.114. The molecule has 0 atom stereocenters. The van der Waals surface area contributed by atoms with Gasteiger partial charge in [0.05, 0.1) is 0 Å². The first kappa shape index (κ1) is 12.8. The van der Waals surface area contributed by atoms with E-state index in [9.17, 15) is 4.79 Å². The Kier molecular flexibility index (Phi) is 5.62. The van der Waals surface area contributed by atoms with Crippen molar-refractivity contribution in [1.82, 2.24) is 0 Å². The van der Waals surface area contributed by atoms with Gasteiger partial charge >= 0.3 is 0 Å². The summed E-state index contributed by atoms with van der Waals surface area (Å²) in [6.45, 7) is 3.75. The summed E-state index contributed by atoms with van der Waals surface area (Å²) in [6.07, 6.45) is 6.31. The van der Waals surface area contributed by atoms with Crippen molar-refractivity contribution < 1.29 is 4.79 Å². The number of carbonyl (C=O) groups excluding carboxylic acids is 1. The molecular formula is C14H21NO. The summed E-state index contributed by atoms with van der Waals surface area (Å²) in [4.78, 5) is 10.8. The average Bonchev–Trinajstić information content (AvgIpc) is 2.26. The van der Waals surface area contributed by atoms with Gasteiger partial charge in [-0.15, -0.1) is 0 Å². The highest BCUT2D eigenvalue weighted by molar-refractivity contribution is 5.88. The summed E-state index contributed by atoms with van der Waals surface area (Å²) in [5.74, 6) is -0.0179. The van der Waals surface area contributed by atoms with Crippen LogP contribution in [0.3, 0.4) is 0 Å². The minimum Gasteiger partial charge on any atom is -0.326 e. The number of aryl methyl sites for hydroxylation is 1. The van der Waals surface area contributed by atoms with E-state index in [0.29, 0.717) is 0 Å². The molecule has 1 N–H and O–H groups in total. The molecule has 0 fully saturated rings. The molecular weight excluding hydrogens is 198 g/mol. The maximum absolute atomic E-state index is 10.8. The lowest BCUT2D eigenvalue weighted by Crippen LogP contribution is -2.05. The number of hydrogen-bond donors (Lipinski definition) is 1. The van der Waals surface area contributed by atoms with Crippen LogP contribution in [0.1, 0.15) is 45.1 Å². The fourth-order valence-corrected chi connectivity index (χ4v) is 1.71. The fraction of sp³-hybridized carbons (Fsp3) is 0.500. The maximum Gasteiger partial charge on any atom is 0.221 e. The summed E-state index contributed by atoms with van der Waals surface area (Å²) in [5.41, 5.74) is 2.23. The van der Waals surface area contributed by atoms with Crippen LogP contribution in [0.15, 0.2) is 24.3 Å². The van der Waals surface area contributed by atoms with Crippen LogP contribution >= 0.6 is 0 Å². The quantitative estimate of drug-likeness (QED) is 0.725. The molecule has 0 unspecified atom stereocenters. The van der Waals surface area contributed by atoms with Crippen LogP contribution in [0.25, 0.3) is 0 Å². The summed E-state index contributed by atoms with van der Waals surface area (Å²) < 4.78 is 0. The van der Waals surface area contributed by atoms with Crippen LogP contribution < -0.4 is 5.32 Å². The SMILES string of the molecule is CCCCCCc1ccc(NC(C)=O)cc1. The second-order valence-electron chi connectivity index (χ2n) is 4.19. The van der Waals surface area contributed by atoms with E-state index >= 15 is 0 Å². The van der Waals surface area contributed by atoms with Gasteiger partial charge in [0.25, 0.3) is 0 Å².